The maximum atomic E-state index is 12.0. The van der Waals surface area contributed by atoms with Gasteiger partial charge in [-0.2, -0.15) is 5.10 Å². The van der Waals surface area contributed by atoms with Gasteiger partial charge in [0.05, 0.1) is 30.7 Å². The third kappa shape index (κ3) is 3.41. The first-order valence-electron chi connectivity index (χ1n) is 7.59. The molecule has 1 heterocycles. The van der Waals surface area contributed by atoms with E-state index in [1.807, 2.05) is 36.4 Å². The van der Waals surface area contributed by atoms with E-state index in [-0.39, 0.29) is 17.4 Å². The average molecular weight is 346 g/mol. The number of methoxy groups -OCH3 is 1. The van der Waals surface area contributed by atoms with Crippen LogP contribution in [0.3, 0.4) is 0 Å². The summed E-state index contributed by atoms with van der Waals surface area (Å²) in [5, 5.41) is 5.99. The number of amides is 1. The van der Waals surface area contributed by atoms with E-state index in [0.717, 1.165) is 16.3 Å². The van der Waals surface area contributed by atoms with Gasteiger partial charge in [0.25, 0.3) is 0 Å². The van der Waals surface area contributed by atoms with Crippen LogP contribution in [0.25, 0.3) is 10.8 Å². The van der Waals surface area contributed by atoms with Crippen molar-refractivity contribution in [2.24, 2.45) is 11.0 Å². The maximum absolute atomic E-state index is 12.0. The van der Waals surface area contributed by atoms with Crippen molar-refractivity contribution in [3.8, 4) is 5.75 Å². The van der Waals surface area contributed by atoms with Crippen LogP contribution in [-0.4, -0.2) is 39.2 Å². The van der Waals surface area contributed by atoms with Crippen molar-refractivity contribution < 1.29 is 17.9 Å². The van der Waals surface area contributed by atoms with Crippen molar-refractivity contribution in [2.45, 2.75) is 6.42 Å². The summed E-state index contributed by atoms with van der Waals surface area (Å²) < 4.78 is 28.2. The third-order valence-electron chi connectivity index (χ3n) is 4.12. The summed E-state index contributed by atoms with van der Waals surface area (Å²) in [7, 11) is -1.52. The van der Waals surface area contributed by atoms with Crippen LogP contribution in [0.15, 0.2) is 41.5 Å². The second kappa shape index (κ2) is 6.60. The molecule has 1 amide bonds. The third-order valence-corrected chi connectivity index (χ3v) is 5.89. The number of hydrogen-bond acceptors (Lipinski definition) is 5. The lowest BCUT2D eigenvalue weighted by Crippen LogP contribution is -2.27. The second-order valence-corrected chi connectivity index (χ2v) is 7.97. The van der Waals surface area contributed by atoms with Gasteiger partial charge in [0.2, 0.25) is 5.91 Å². The monoisotopic (exact) mass is 346 g/mol. The molecule has 126 valence electrons. The van der Waals surface area contributed by atoms with Crippen molar-refractivity contribution in [2.75, 3.05) is 18.6 Å². The lowest BCUT2D eigenvalue weighted by molar-refractivity contribution is -0.124. The van der Waals surface area contributed by atoms with E-state index in [9.17, 15) is 13.2 Å². The van der Waals surface area contributed by atoms with Crippen LogP contribution in [0.1, 0.15) is 12.0 Å². The van der Waals surface area contributed by atoms with Crippen LogP contribution in [-0.2, 0) is 14.6 Å². The van der Waals surface area contributed by atoms with Gasteiger partial charge in [-0.1, -0.05) is 30.3 Å². The van der Waals surface area contributed by atoms with Crippen LogP contribution in [0.2, 0.25) is 0 Å². The van der Waals surface area contributed by atoms with Gasteiger partial charge in [-0.3, -0.25) is 4.79 Å². The minimum absolute atomic E-state index is 0.0615. The predicted octanol–water partition coefficient (Wildman–Crippen LogP) is 1.73. The summed E-state index contributed by atoms with van der Waals surface area (Å²) in [6, 6.07) is 11.6. The molecule has 0 saturated carbocycles. The standard InChI is InChI=1S/C17H18N2O4S/c1-23-16-7-6-12-4-2-3-5-14(12)15(16)10-18-19-17(20)13-8-9-24(21,22)11-13/h2-7,10,13H,8-9,11H2,1H3,(H,19,20)/b18-10-/t13-/m1/s1. The summed E-state index contributed by atoms with van der Waals surface area (Å²) in [6.07, 6.45) is 1.88. The molecule has 0 aromatic heterocycles. The molecular weight excluding hydrogens is 328 g/mol. The first kappa shape index (κ1) is 16.4. The largest absolute Gasteiger partial charge is 0.496 e. The minimum atomic E-state index is -3.09. The molecule has 1 aliphatic heterocycles. The average Bonchev–Trinajstić information content (AvgIpc) is 2.95. The van der Waals surface area contributed by atoms with E-state index in [1.54, 1.807) is 7.11 Å². The van der Waals surface area contributed by atoms with E-state index >= 15 is 0 Å². The smallest absolute Gasteiger partial charge is 0.244 e. The Bertz CT molecular complexity index is 906. The molecule has 1 N–H and O–H groups in total. The number of sulfone groups is 1. The molecule has 0 bridgehead atoms. The number of nitrogens with one attached hydrogen (secondary N) is 1. The Labute approximate surface area is 140 Å². The molecule has 0 radical (unpaired) electrons. The van der Waals surface area contributed by atoms with Crippen LogP contribution >= 0.6 is 0 Å². The van der Waals surface area contributed by atoms with E-state index in [1.165, 1.54) is 6.21 Å². The van der Waals surface area contributed by atoms with Crippen LogP contribution < -0.4 is 10.2 Å². The number of hydrazone groups is 1. The lowest BCUT2D eigenvalue weighted by atomic mass is 10.0. The van der Waals surface area contributed by atoms with Gasteiger partial charge >= 0.3 is 0 Å². The molecule has 2 aromatic carbocycles. The number of rotatable bonds is 4. The number of ether oxygens (including phenoxy) is 1. The SMILES string of the molecule is COc1ccc2ccccc2c1/C=N\NC(=O)[C@@H]1CCS(=O)(=O)C1. The number of hydrogen-bond donors (Lipinski definition) is 1. The Kier molecular flexibility index (Phi) is 4.53. The predicted molar refractivity (Wildman–Crippen MR) is 93.0 cm³/mol. The number of benzene rings is 2. The van der Waals surface area contributed by atoms with E-state index in [0.29, 0.717) is 12.2 Å². The van der Waals surface area contributed by atoms with Crippen LogP contribution in [0.5, 0.6) is 5.75 Å². The van der Waals surface area contributed by atoms with Crippen molar-refractivity contribution in [3.63, 3.8) is 0 Å². The van der Waals surface area contributed by atoms with Gasteiger partial charge in [0, 0.05) is 5.56 Å². The minimum Gasteiger partial charge on any atom is -0.496 e. The first-order chi connectivity index (χ1) is 11.5. The summed E-state index contributed by atoms with van der Waals surface area (Å²) >= 11 is 0. The van der Waals surface area contributed by atoms with Gasteiger partial charge in [0.15, 0.2) is 9.84 Å². The van der Waals surface area contributed by atoms with Gasteiger partial charge in [-0.15, -0.1) is 0 Å². The summed E-state index contributed by atoms with van der Waals surface area (Å²) in [5.41, 5.74) is 3.20. The quantitative estimate of drug-likeness (QED) is 0.675. The zero-order valence-electron chi connectivity index (χ0n) is 13.2. The number of carbonyl (C=O) groups is 1. The molecule has 0 aliphatic carbocycles. The Morgan fingerprint density at radius 1 is 1.29 bits per heavy atom. The molecule has 0 spiro atoms. The highest BCUT2D eigenvalue weighted by molar-refractivity contribution is 7.91. The highest BCUT2D eigenvalue weighted by Crippen LogP contribution is 2.26. The molecule has 0 unspecified atom stereocenters. The van der Waals surface area contributed by atoms with E-state index < -0.39 is 15.8 Å². The fraction of sp³-hybridized carbons (Fsp3) is 0.294. The van der Waals surface area contributed by atoms with Crippen molar-refractivity contribution in [1.29, 1.82) is 0 Å². The number of fused-ring (bicyclic) bond motifs is 1. The Balaban J connectivity index is 1.79. The van der Waals surface area contributed by atoms with Crippen molar-refractivity contribution >= 4 is 32.7 Å². The zero-order chi connectivity index (χ0) is 17.2. The summed E-state index contributed by atoms with van der Waals surface area (Å²) in [4.78, 5) is 12.0. The highest BCUT2D eigenvalue weighted by atomic mass is 32.2. The Morgan fingerprint density at radius 2 is 2.08 bits per heavy atom. The number of carbonyl (C=O) groups excluding carboxylic acids is 1. The van der Waals surface area contributed by atoms with E-state index in [2.05, 4.69) is 10.5 Å². The fourth-order valence-corrected chi connectivity index (χ4v) is 4.58. The first-order valence-corrected chi connectivity index (χ1v) is 9.41. The Morgan fingerprint density at radius 3 is 2.79 bits per heavy atom. The molecule has 6 nitrogen and oxygen atoms in total. The van der Waals surface area contributed by atoms with Crippen LogP contribution in [0.4, 0.5) is 0 Å². The molecule has 1 fully saturated rings. The zero-order valence-corrected chi connectivity index (χ0v) is 14.0. The molecule has 1 aliphatic rings. The molecule has 7 heteroatoms. The molecule has 1 saturated heterocycles. The number of nitrogens with zero attached hydrogens (tertiary/aromatic N) is 1. The van der Waals surface area contributed by atoms with E-state index in [4.69, 9.17) is 4.74 Å². The topological polar surface area (TPSA) is 84.8 Å². The van der Waals surface area contributed by atoms with Gasteiger partial charge in [-0.25, -0.2) is 13.8 Å². The van der Waals surface area contributed by atoms with Crippen molar-refractivity contribution in [3.05, 3.63) is 42.0 Å². The summed E-state index contributed by atoms with van der Waals surface area (Å²) in [6.45, 7) is 0. The molecule has 1 atom stereocenters. The second-order valence-electron chi connectivity index (χ2n) is 5.74. The van der Waals surface area contributed by atoms with Gasteiger partial charge < -0.3 is 4.74 Å². The maximum Gasteiger partial charge on any atom is 0.244 e. The fourth-order valence-electron chi connectivity index (χ4n) is 2.84. The highest BCUT2D eigenvalue weighted by Gasteiger charge is 2.32. The normalized spacial score (nSPS) is 19.6. The van der Waals surface area contributed by atoms with Crippen molar-refractivity contribution in [1.82, 2.24) is 5.43 Å². The molecule has 24 heavy (non-hydrogen) atoms. The van der Waals surface area contributed by atoms with Gasteiger partial charge in [0.1, 0.15) is 5.75 Å². The lowest BCUT2D eigenvalue weighted by Gasteiger charge is -2.09. The van der Waals surface area contributed by atoms with Crippen LogP contribution in [0, 0.1) is 5.92 Å². The molecule has 2 aromatic rings. The summed E-state index contributed by atoms with van der Waals surface area (Å²) in [5.74, 6) is -0.291. The Hall–Kier alpha value is -2.41. The van der Waals surface area contributed by atoms with Gasteiger partial charge in [-0.05, 0) is 23.3 Å². The molecular formula is C17H18N2O4S. The molecule has 3 rings (SSSR count).